The number of likely N-dealkylation sites (tertiary alicyclic amines) is 1. The summed E-state index contributed by atoms with van der Waals surface area (Å²) < 4.78 is 13.8. The Morgan fingerprint density at radius 1 is 1.11 bits per heavy atom. The maximum absolute atomic E-state index is 13.8. The standard InChI is InChI=1S/C26H22FN5O2S/c27-17-6-3-5-15(10-17)23-22(31-26(28)35-23)25(34)32-13-16-11-18(16)21(32)12-29-24(33)20-9-8-14-4-1-2-7-19(14)30-20/h1-10,16,18,21H,11-13H2,(H2,28,31)(H,29,33)/t16-,18-,21+/m0/s1. The molecule has 2 aliphatic rings. The fraction of sp³-hybridized carbons (Fsp3) is 0.231. The van der Waals surface area contributed by atoms with Gasteiger partial charge in [0.15, 0.2) is 5.13 Å². The maximum atomic E-state index is 13.8. The molecular weight excluding hydrogens is 465 g/mol. The summed E-state index contributed by atoms with van der Waals surface area (Å²) in [5, 5.41) is 4.19. The number of piperidine rings is 1. The van der Waals surface area contributed by atoms with E-state index in [-0.39, 0.29) is 28.7 Å². The van der Waals surface area contributed by atoms with Gasteiger partial charge in [-0.15, -0.1) is 0 Å². The minimum atomic E-state index is -0.391. The number of carbonyl (C=O) groups is 2. The van der Waals surface area contributed by atoms with Crippen molar-refractivity contribution in [3.8, 4) is 10.4 Å². The molecular formula is C26H22FN5O2S. The molecule has 0 unspecified atom stereocenters. The lowest BCUT2D eigenvalue weighted by Gasteiger charge is -2.27. The Morgan fingerprint density at radius 2 is 1.97 bits per heavy atom. The van der Waals surface area contributed by atoms with Crippen LogP contribution < -0.4 is 11.1 Å². The number of nitrogens with two attached hydrogens (primary N) is 1. The summed E-state index contributed by atoms with van der Waals surface area (Å²) in [6, 6.07) is 17.1. The molecule has 2 aromatic heterocycles. The maximum Gasteiger partial charge on any atom is 0.274 e. The molecule has 7 nitrogen and oxygen atoms in total. The average Bonchev–Trinajstić information content (AvgIpc) is 3.38. The normalized spacial score (nSPS) is 20.6. The zero-order chi connectivity index (χ0) is 24.1. The number of nitrogens with one attached hydrogen (secondary N) is 1. The summed E-state index contributed by atoms with van der Waals surface area (Å²) in [6.07, 6.45) is 1.04. The first-order valence-corrected chi connectivity index (χ1v) is 12.3. The Balaban J connectivity index is 1.21. The number of nitrogens with zero attached hydrogens (tertiary/aromatic N) is 3. The van der Waals surface area contributed by atoms with Gasteiger partial charge < -0.3 is 16.0 Å². The van der Waals surface area contributed by atoms with Crippen LogP contribution in [-0.4, -0.2) is 45.8 Å². The van der Waals surface area contributed by atoms with Crippen LogP contribution in [0, 0.1) is 17.7 Å². The Hall–Kier alpha value is -3.85. The van der Waals surface area contributed by atoms with E-state index in [1.165, 1.54) is 23.5 Å². The predicted octanol–water partition coefficient (Wildman–Crippen LogP) is 3.97. The molecule has 0 radical (unpaired) electrons. The van der Waals surface area contributed by atoms with Gasteiger partial charge in [-0.25, -0.2) is 14.4 Å². The third-order valence-electron chi connectivity index (χ3n) is 6.80. The monoisotopic (exact) mass is 487 g/mol. The van der Waals surface area contributed by atoms with Crippen molar-refractivity contribution in [1.29, 1.82) is 0 Å². The molecule has 3 N–H and O–H groups in total. The number of halogens is 1. The number of para-hydroxylation sites is 1. The Labute approximate surface area is 204 Å². The number of thiazole rings is 1. The van der Waals surface area contributed by atoms with Crippen LogP contribution in [0.2, 0.25) is 0 Å². The molecule has 2 aromatic carbocycles. The van der Waals surface area contributed by atoms with E-state index in [4.69, 9.17) is 5.73 Å². The van der Waals surface area contributed by atoms with E-state index in [1.807, 2.05) is 30.3 Å². The smallest absolute Gasteiger partial charge is 0.274 e. The van der Waals surface area contributed by atoms with Gasteiger partial charge in [0.25, 0.3) is 11.8 Å². The molecule has 35 heavy (non-hydrogen) atoms. The Morgan fingerprint density at radius 3 is 2.83 bits per heavy atom. The molecule has 3 atom stereocenters. The van der Waals surface area contributed by atoms with Gasteiger partial charge in [0.05, 0.1) is 16.4 Å². The van der Waals surface area contributed by atoms with E-state index in [1.54, 1.807) is 23.1 Å². The summed E-state index contributed by atoms with van der Waals surface area (Å²) >= 11 is 1.17. The molecule has 1 saturated heterocycles. The highest BCUT2D eigenvalue weighted by atomic mass is 32.1. The van der Waals surface area contributed by atoms with Gasteiger partial charge >= 0.3 is 0 Å². The molecule has 176 valence electrons. The van der Waals surface area contributed by atoms with Crippen LogP contribution in [0.1, 0.15) is 27.4 Å². The van der Waals surface area contributed by atoms with Gasteiger partial charge in [0.1, 0.15) is 17.2 Å². The fourth-order valence-electron chi connectivity index (χ4n) is 4.99. The van der Waals surface area contributed by atoms with E-state index in [2.05, 4.69) is 15.3 Å². The molecule has 1 aliphatic heterocycles. The van der Waals surface area contributed by atoms with Crippen molar-refractivity contribution >= 4 is 39.2 Å². The molecule has 6 rings (SSSR count). The number of carbonyl (C=O) groups excluding carboxylic acids is 2. The van der Waals surface area contributed by atoms with Gasteiger partial charge in [-0.3, -0.25) is 9.59 Å². The lowest BCUT2D eigenvalue weighted by molar-refractivity contribution is 0.0690. The zero-order valence-electron chi connectivity index (χ0n) is 18.6. The number of pyridine rings is 1. The summed E-state index contributed by atoms with van der Waals surface area (Å²) in [4.78, 5) is 37.5. The molecule has 0 bridgehead atoms. The van der Waals surface area contributed by atoms with Crippen LogP contribution in [0.25, 0.3) is 21.3 Å². The number of hydrogen-bond acceptors (Lipinski definition) is 6. The van der Waals surface area contributed by atoms with Crippen molar-refractivity contribution < 1.29 is 14.0 Å². The second-order valence-corrected chi connectivity index (χ2v) is 10.1. The van der Waals surface area contributed by atoms with Crippen LogP contribution in [0.3, 0.4) is 0 Å². The van der Waals surface area contributed by atoms with Crippen LogP contribution in [-0.2, 0) is 0 Å². The van der Waals surface area contributed by atoms with E-state index in [0.29, 0.717) is 41.1 Å². The number of fused-ring (bicyclic) bond motifs is 2. The zero-order valence-corrected chi connectivity index (χ0v) is 19.5. The van der Waals surface area contributed by atoms with Crippen LogP contribution in [0.4, 0.5) is 9.52 Å². The second kappa shape index (κ2) is 8.42. The van der Waals surface area contributed by atoms with Crippen molar-refractivity contribution in [2.24, 2.45) is 11.8 Å². The van der Waals surface area contributed by atoms with Crippen LogP contribution in [0.15, 0.2) is 60.7 Å². The highest BCUT2D eigenvalue weighted by Gasteiger charge is 2.54. The van der Waals surface area contributed by atoms with Crippen molar-refractivity contribution in [2.45, 2.75) is 12.5 Å². The predicted molar refractivity (Wildman–Crippen MR) is 132 cm³/mol. The van der Waals surface area contributed by atoms with Crippen molar-refractivity contribution in [3.05, 3.63) is 77.9 Å². The van der Waals surface area contributed by atoms with Gasteiger partial charge in [-0.2, -0.15) is 0 Å². The molecule has 1 aliphatic carbocycles. The summed E-state index contributed by atoms with van der Waals surface area (Å²) in [5.41, 5.74) is 7.84. The molecule has 3 heterocycles. The third-order valence-corrected chi connectivity index (χ3v) is 7.73. The van der Waals surface area contributed by atoms with Crippen molar-refractivity contribution in [2.75, 3.05) is 18.8 Å². The Bertz CT molecular complexity index is 1470. The first-order valence-electron chi connectivity index (χ1n) is 11.4. The quantitative estimate of drug-likeness (QED) is 0.444. The lowest BCUT2D eigenvalue weighted by atomic mass is 10.1. The molecule has 9 heteroatoms. The highest BCUT2D eigenvalue weighted by Crippen LogP contribution is 2.50. The summed E-state index contributed by atoms with van der Waals surface area (Å²) in [5.74, 6) is -0.137. The van der Waals surface area contributed by atoms with E-state index >= 15 is 0 Å². The largest absolute Gasteiger partial charge is 0.375 e. The van der Waals surface area contributed by atoms with Gasteiger partial charge in [0, 0.05) is 18.5 Å². The van der Waals surface area contributed by atoms with Crippen molar-refractivity contribution in [1.82, 2.24) is 20.2 Å². The molecule has 2 amide bonds. The number of amides is 2. The Kier molecular flexibility index (Phi) is 5.21. The third kappa shape index (κ3) is 4.01. The number of hydrogen-bond donors (Lipinski definition) is 2. The van der Waals surface area contributed by atoms with Gasteiger partial charge in [-0.1, -0.05) is 47.7 Å². The first-order chi connectivity index (χ1) is 17.0. The SMILES string of the molecule is Nc1nc(C(=O)N2C[C@@H]3C[C@@H]3[C@H]2CNC(=O)c2ccc3ccccc3n2)c(-c2cccc(F)c2)s1. The van der Waals surface area contributed by atoms with Crippen molar-refractivity contribution in [3.63, 3.8) is 0 Å². The van der Waals surface area contributed by atoms with Gasteiger partial charge in [0.2, 0.25) is 0 Å². The number of benzene rings is 2. The molecule has 4 aromatic rings. The number of nitrogen functional groups attached to an aromatic ring is 1. The van der Waals surface area contributed by atoms with E-state index in [9.17, 15) is 14.0 Å². The van der Waals surface area contributed by atoms with Gasteiger partial charge in [-0.05, 0) is 48.1 Å². The van der Waals surface area contributed by atoms with Crippen LogP contribution >= 0.6 is 11.3 Å². The summed E-state index contributed by atoms with van der Waals surface area (Å²) in [6.45, 7) is 0.938. The minimum absolute atomic E-state index is 0.139. The van der Waals surface area contributed by atoms with E-state index < -0.39 is 5.82 Å². The molecule has 1 saturated carbocycles. The lowest BCUT2D eigenvalue weighted by Crippen LogP contribution is -2.45. The first kappa shape index (κ1) is 21.7. The average molecular weight is 488 g/mol. The second-order valence-electron chi connectivity index (χ2n) is 9.02. The number of rotatable bonds is 5. The number of anilines is 1. The number of aromatic nitrogens is 2. The van der Waals surface area contributed by atoms with Crippen LogP contribution in [0.5, 0.6) is 0 Å². The fourth-order valence-corrected chi connectivity index (χ4v) is 5.81. The molecule has 2 fully saturated rings. The minimum Gasteiger partial charge on any atom is -0.375 e. The highest BCUT2D eigenvalue weighted by molar-refractivity contribution is 7.19. The molecule has 0 spiro atoms. The topological polar surface area (TPSA) is 101 Å². The summed E-state index contributed by atoms with van der Waals surface area (Å²) in [7, 11) is 0. The van der Waals surface area contributed by atoms with E-state index in [0.717, 1.165) is 17.3 Å².